The average molecular weight is 326 g/mol. The number of nitrogens with two attached hydrogens (primary N) is 1. The summed E-state index contributed by atoms with van der Waals surface area (Å²) in [4.78, 5) is 1.01. The van der Waals surface area contributed by atoms with E-state index in [2.05, 4.69) is 11.8 Å². The van der Waals surface area contributed by atoms with Crippen molar-refractivity contribution in [1.29, 1.82) is 0 Å². The summed E-state index contributed by atoms with van der Waals surface area (Å²) in [5.74, 6) is 5.77. The van der Waals surface area contributed by atoms with Gasteiger partial charge in [0.05, 0.1) is 11.8 Å². The van der Waals surface area contributed by atoms with Gasteiger partial charge in [0, 0.05) is 29.4 Å². The molecule has 2 rings (SSSR count). The van der Waals surface area contributed by atoms with Crippen LogP contribution in [0.2, 0.25) is 0 Å². The quantitative estimate of drug-likeness (QED) is 0.862. The van der Waals surface area contributed by atoms with Gasteiger partial charge in [-0.15, -0.1) is 11.3 Å². The number of nitrogens with zero attached hydrogens (tertiary/aromatic N) is 1. The molecule has 1 heterocycles. The summed E-state index contributed by atoms with van der Waals surface area (Å²) in [6.45, 7) is 0.759. The molecule has 1 aromatic rings. The highest BCUT2D eigenvalue weighted by Gasteiger charge is 2.30. The van der Waals surface area contributed by atoms with Gasteiger partial charge < -0.3 is 5.73 Å². The van der Waals surface area contributed by atoms with E-state index in [9.17, 15) is 8.42 Å². The third-order valence-electron chi connectivity index (χ3n) is 3.77. The fraction of sp³-hybridized carbons (Fsp3) is 0.600. The standard InChI is InChI=1S/C15H22N2O2S2/c1-17(21(18,19)15-7-3-2-4-8-15)11-14-10-13(12-20-14)6-5-9-16/h10,12,15H,2-4,7-9,11,16H2,1H3. The van der Waals surface area contributed by atoms with Gasteiger partial charge in [-0.1, -0.05) is 31.1 Å². The SMILES string of the molecule is CN(Cc1cc(C#CCN)cs1)S(=O)(=O)C1CCCCC1. The zero-order valence-electron chi connectivity index (χ0n) is 12.3. The summed E-state index contributed by atoms with van der Waals surface area (Å²) in [5.41, 5.74) is 6.25. The highest BCUT2D eigenvalue weighted by Crippen LogP contribution is 2.27. The van der Waals surface area contributed by atoms with Crippen LogP contribution >= 0.6 is 11.3 Å². The molecule has 21 heavy (non-hydrogen) atoms. The summed E-state index contributed by atoms with van der Waals surface area (Å²) < 4.78 is 26.6. The number of hydrogen-bond donors (Lipinski definition) is 1. The smallest absolute Gasteiger partial charge is 0.217 e. The molecule has 1 saturated carbocycles. The maximum atomic E-state index is 12.6. The molecule has 116 valence electrons. The van der Waals surface area contributed by atoms with Gasteiger partial charge in [-0.2, -0.15) is 4.31 Å². The Morgan fingerprint density at radius 3 is 2.76 bits per heavy atom. The highest BCUT2D eigenvalue weighted by atomic mass is 32.2. The van der Waals surface area contributed by atoms with Crippen LogP contribution in [0, 0.1) is 11.8 Å². The average Bonchev–Trinajstić information content (AvgIpc) is 2.93. The van der Waals surface area contributed by atoms with Crippen molar-refractivity contribution in [3.8, 4) is 11.8 Å². The first-order valence-electron chi connectivity index (χ1n) is 7.25. The monoisotopic (exact) mass is 326 g/mol. The molecule has 0 bridgehead atoms. The molecular weight excluding hydrogens is 304 g/mol. The zero-order chi connectivity index (χ0) is 15.3. The topological polar surface area (TPSA) is 63.4 Å². The second kappa shape index (κ2) is 7.41. The van der Waals surface area contributed by atoms with E-state index in [1.54, 1.807) is 18.4 Å². The summed E-state index contributed by atoms with van der Waals surface area (Å²) in [6, 6.07) is 1.94. The van der Waals surface area contributed by atoms with E-state index in [1.165, 1.54) is 4.31 Å². The van der Waals surface area contributed by atoms with Crippen LogP contribution in [0.4, 0.5) is 0 Å². The van der Waals surface area contributed by atoms with Crippen molar-refractivity contribution in [3.05, 3.63) is 21.9 Å². The Kier molecular flexibility index (Phi) is 5.82. The lowest BCUT2D eigenvalue weighted by Crippen LogP contribution is -2.36. The Labute approximate surface area is 131 Å². The Hall–Kier alpha value is -0.870. The molecule has 0 radical (unpaired) electrons. The Morgan fingerprint density at radius 1 is 1.38 bits per heavy atom. The molecule has 0 spiro atoms. The second-order valence-corrected chi connectivity index (χ2v) is 8.68. The molecule has 0 aromatic carbocycles. The molecule has 4 nitrogen and oxygen atoms in total. The number of sulfonamides is 1. The minimum Gasteiger partial charge on any atom is -0.320 e. The lowest BCUT2D eigenvalue weighted by molar-refractivity contribution is 0.424. The van der Waals surface area contributed by atoms with Gasteiger partial charge in [0.1, 0.15) is 0 Å². The van der Waals surface area contributed by atoms with E-state index < -0.39 is 10.0 Å². The number of hydrogen-bond acceptors (Lipinski definition) is 4. The summed E-state index contributed by atoms with van der Waals surface area (Å²) in [6.07, 6.45) is 4.80. The van der Waals surface area contributed by atoms with Gasteiger partial charge in [0.2, 0.25) is 10.0 Å². The van der Waals surface area contributed by atoms with Gasteiger partial charge in [-0.25, -0.2) is 8.42 Å². The number of thiophene rings is 1. The highest BCUT2D eigenvalue weighted by molar-refractivity contribution is 7.89. The summed E-state index contributed by atoms with van der Waals surface area (Å²) in [7, 11) is -1.51. The third-order valence-corrected chi connectivity index (χ3v) is 7.01. The molecule has 0 atom stereocenters. The lowest BCUT2D eigenvalue weighted by Gasteiger charge is -2.26. The van der Waals surface area contributed by atoms with Gasteiger partial charge >= 0.3 is 0 Å². The van der Waals surface area contributed by atoms with Crippen molar-refractivity contribution < 1.29 is 8.42 Å². The molecule has 0 aliphatic heterocycles. The lowest BCUT2D eigenvalue weighted by atomic mass is 10.0. The summed E-state index contributed by atoms with van der Waals surface area (Å²) >= 11 is 1.54. The predicted octanol–water partition coefficient (Wildman–Crippen LogP) is 2.15. The maximum absolute atomic E-state index is 12.6. The Balaban J connectivity index is 2.02. The molecule has 0 amide bonds. The fourth-order valence-corrected chi connectivity index (χ4v) is 5.32. The molecule has 6 heteroatoms. The van der Waals surface area contributed by atoms with Crippen molar-refractivity contribution in [2.75, 3.05) is 13.6 Å². The van der Waals surface area contributed by atoms with Crippen LogP contribution in [-0.2, 0) is 16.6 Å². The first-order chi connectivity index (χ1) is 10.0. The third kappa shape index (κ3) is 4.30. The molecule has 1 aromatic heterocycles. The van der Waals surface area contributed by atoms with Crippen LogP contribution in [0.5, 0.6) is 0 Å². The largest absolute Gasteiger partial charge is 0.320 e. The summed E-state index contributed by atoms with van der Waals surface area (Å²) in [5, 5.41) is 1.74. The van der Waals surface area contributed by atoms with E-state index in [4.69, 9.17) is 5.73 Å². The van der Waals surface area contributed by atoms with Gasteiger partial charge in [0.15, 0.2) is 0 Å². The van der Waals surface area contributed by atoms with E-state index >= 15 is 0 Å². The molecule has 1 fully saturated rings. The Morgan fingerprint density at radius 2 is 2.10 bits per heavy atom. The minimum atomic E-state index is -3.18. The van der Waals surface area contributed by atoms with Crippen molar-refractivity contribution in [1.82, 2.24) is 4.31 Å². The molecule has 1 aliphatic carbocycles. The minimum absolute atomic E-state index is 0.201. The van der Waals surface area contributed by atoms with E-state index in [1.807, 2.05) is 11.4 Å². The molecular formula is C15H22N2O2S2. The normalized spacial score (nSPS) is 16.7. The fourth-order valence-electron chi connectivity index (χ4n) is 2.61. The van der Waals surface area contributed by atoms with Crippen LogP contribution < -0.4 is 5.73 Å². The van der Waals surface area contributed by atoms with E-state index in [-0.39, 0.29) is 5.25 Å². The van der Waals surface area contributed by atoms with Gasteiger partial charge in [0.25, 0.3) is 0 Å². The van der Waals surface area contributed by atoms with Crippen LogP contribution in [0.3, 0.4) is 0 Å². The molecule has 0 unspecified atom stereocenters. The Bertz CT molecular complexity index is 620. The van der Waals surface area contributed by atoms with E-state index in [0.29, 0.717) is 13.1 Å². The second-order valence-electron chi connectivity index (χ2n) is 5.37. The first-order valence-corrected chi connectivity index (χ1v) is 9.64. The van der Waals surface area contributed by atoms with E-state index in [0.717, 1.165) is 42.5 Å². The van der Waals surface area contributed by atoms with Crippen LogP contribution in [0.15, 0.2) is 11.4 Å². The van der Waals surface area contributed by atoms with Gasteiger partial charge in [-0.05, 0) is 18.9 Å². The van der Waals surface area contributed by atoms with Crippen molar-refractivity contribution in [3.63, 3.8) is 0 Å². The van der Waals surface area contributed by atoms with Crippen molar-refractivity contribution >= 4 is 21.4 Å². The maximum Gasteiger partial charge on any atom is 0.217 e. The van der Waals surface area contributed by atoms with Crippen LogP contribution in [-0.4, -0.2) is 31.6 Å². The zero-order valence-corrected chi connectivity index (χ0v) is 14.0. The first kappa shape index (κ1) is 16.5. The van der Waals surface area contributed by atoms with Crippen LogP contribution in [0.25, 0.3) is 0 Å². The van der Waals surface area contributed by atoms with Crippen LogP contribution in [0.1, 0.15) is 42.5 Å². The van der Waals surface area contributed by atoms with Crippen molar-refractivity contribution in [2.24, 2.45) is 5.73 Å². The molecule has 2 N–H and O–H groups in total. The predicted molar refractivity (Wildman–Crippen MR) is 87.5 cm³/mol. The molecule has 0 saturated heterocycles. The molecule has 1 aliphatic rings. The van der Waals surface area contributed by atoms with Gasteiger partial charge in [-0.3, -0.25) is 0 Å². The number of rotatable bonds is 4. The van der Waals surface area contributed by atoms with Crippen molar-refractivity contribution in [2.45, 2.75) is 43.9 Å².